The highest BCUT2D eigenvalue weighted by molar-refractivity contribution is 6.34. The van der Waals surface area contributed by atoms with Gasteiger partial charge in [0, 0.05) is 19.8 Å². The van der Waals surface area contributed by atoms with E-state index in [-0.39, 0.29) is 11.3 Å². The normalized spacial score (nSPS) is 11.5. The number of amides is 2. The van der Waals surface area contributed by atoms with E-state index in [0.717, 1.165) is 16.8 Å². The average molecular weight is 489 g/mol. The Hall–Kier alpha value is -3.90. The first kappa shape index (κ1) is 25.7. The quantitative estimate of drug-likeness (QED) is 0.251. The number of anilines is 1. The number of nitrogens with zero attached hydrogens (tertiary/aromatic N) is 2. The summed E-state index contributed by atoms with van der Waals surface area (Å²) in [7, 11) is 3.89. The van der Waals surface area contributed by atoms with Gasteiger partial charge in [0.2, 0.25) is 0 Å². The van der Waals surface area contributed by atoms with E-state index in [9.17, 15) is 9.59 Å². The zero-order valence-electron chi connectivity index (χ0n) is 20.2. The molecule has 3 aromatic rings. The summed E-state index contributed by atoms with van der Waals surface area (Å²) in [4.78, 5) is 27.8. The molecular formula is C28H29ClN4O2. The van der Waals surface area contributed by atoms with Gasteiger partial charge < -0.3 is 10.2 Å². The van der Waals surface area contributed by atoms with E-state index in [1.165, 1.54) is 5.56 Å². The van der Waals surface area contributed by atoms with Crippen LogP contribution in [0.4, 0.5) is 5.69 Å². The third-order valence-corrected chi connectivity index (χ3v) is 5.64. The maximum atomic E-state index is 13.0. The van der Waals surface area contributed by atoms with Crippen LogP contribution in [0.3, 0.4) is 0 Å². The Kier molecular flexibility index (Phi) is 8.81. The van der Waals surface area contributed by atoms with E-state index < -0.39 is 11.8 Å². The van der Waals surface area contributed by atoms with Crippen molar-refractivity contribution in [2.75, 3.05) is 19.0 Å². The summed E-state index contributed by atoms with van der Waals surface area (Å²) >= 11 is 6.16. The predicted molar refractivity (Wildman–Crippen MR) is 144 cm³/mol. The number of benzene rings is 3. The molecule has 0 heterocycles. The summed E-state index contributed by atoms with van der Waals surface area (Å²) in [6, 6.07) is 22.2. The standard InChI is InChI=1S/C28H29ClN4O2/c1-19(2)22-13-9-21(10-14-22)18-30-32-28(35)26(17-20-11-15-23(16-12-20)33(3)4)31-27(34)24-7-5-6-8-25(24)29/h5-19H,1-4H3,(H,31,34)(H,32,35)/b26-17+,30-18-. The van der Waals surface area contributed by atoms with Crippen molar-refractivity contribution in [1.29, 1.82) is 0 Å². The minimum atomic E-state index is -0.558. The van der Waals surface area contributed by atoms with Crippen molar-refractivity contribution in [3.05, 3.63) is 106 Å². The molecule has 0 radical (unpaired) electrons. The van der Waals surface area contributed by atoms with Crippen molar-refractivity contribution in [3.63, 3.8) is 0 Å². The summed E-state index contributed by atoms with van der Waals surface area (Å²) in [6.07, 6.45) is 3.15. The molecule has 35 heavy (non-hydrogen) atoms. The molecule has 180 valence electrons. The second-order valence-electron chi connectivity index (χ2n) is 8.50. The van der Waals surface area contributed by atoms with E-state index in [2.05, 4.69) is 29.7 Å². The van der Waals surface area contributed by atoms with E-state index in [4.69, 9.17) is 11.6 Å². The lowest BCUT2D eigenvalue weighted by Gasteiger charge is -2.13. The molecule has 0 spiro atoms. The van der Waals surface area contributed by atoms with Crippen molar-refractivity contribution in [3.8, 4) is 0 Å². The maximum Gasteiger partial charge on any atom is 0.287 e. The van der Waals surface area contributed by atoms with Crippen molar-refractivity contribution >= 4 is 41.4 Å². The summed E-state index contributed by atoms with van der Waals surface area (Å²) in [5, 5.41) is 7.03. The van der Waals surface area contributed by atoms with Crippen LogP contribution in [0.5, 0.6) is 0 Å². The second-order valence-corrected chi connectivity index (χ2v) is 8.91. The molecule has 7 heteroatoms. The van der Waals surface area contributed by atoms with Crippen LogP contribution in [0.2, 0.25) is 5.02 Å². The summed E-state index contributed by atoms with van der Waals surface area (Å²) < 4.78 is 0. The molecule has 0 bridgehead atoms. The molecule has 0 aliphatic heterocycles. The van der Waals surface area contributed by atoms with E-state index in [1.807, 2.05) is 67.5 Å². The minimum Gasteiger partial charge on any atom is -0.378 e. The summed E-state index contributed by atoms with van der Waals surface area (Å²) in [6.45, 7) is 4.25. The van der Waals surface area contributed by atoms with Gasteiger partial charge in [-0.25, -0.2) is 5.43 Å². The van der Waals surface area contributed by atoms with Gasteiger partial charge in [-0.3, -0.25) is 9.59 Å². The van der Waals surface area contributed by atoms with Gasteiger partial charge in [-0.05, 0) is 52.9 Å². The van der Waals surface area contributed by atoms with Crippen LogP contribution in [0.25, 0.3) is 6.08 Å². The first-order chi connectivity index (χ1) is 16.7. The zero-order valence-corrected chi connectivity index (χ0v) is 21.0. The lowest BCUT2D eigenvalue weighted by atomic mass is 10.0. The Morgan fingerprint density at radius 2 is 1.54 bits per heavy atom. The van der Waals surface area contributed by atoms with Crippen LogP contribution < -0.4 is 15.6 Å². The number of nitrogens with one attached hydrogen (secondary N) is 2. The third-order valence-electron chi connectivity index (χ3n) is 5.31. The number of carbonyl (C=O) groups excluding carboxylic acids is 2. The predicted octanol–water partition coefficient (Wildman–Crippen LogP) is 5.45. The van der Waals surface area contributed by atoms with E-state index >= 15 is 0 Å². The van der Waals surface area contributed by atoms with Crippen LogP contribution in [0.1, 0.15) is 46.8 Å². The molecule has 6 nitrogen and oxygen atoms in total. The van der Waals surface area contributed by atoms with Gasteiger partial charge in [0.15, 0.2) is 0 Å². The van der Waals surface area contributed by atoms with Gasteiger partial charge in [-0.15, -0.1) is 0 Å². The van der Waals surface area contributed by atoms with Gasteiger partial charge in [-0.1, -0.05) is 74.0 Å². The smallest absolute Gasteiger partial charge is 0.287 e. The van der Waals surface area contributed by atoms with Crippen LogP contribution >= 0.6 is 11.6 Å². The number of hydrogen-bond acceptors (Lipinski definition) is 4. The summed E-state index contributed by atoms with van der Waals surface area (Å²) in [5.74, 6) is -0.616. The highest BCUT2D eigenvalue weighted by Gasteiger charge is 2.16. The average Bonchev–Trinajstić information content (AvgIpc) is 2.84. The van der Waals surface area contributed by atoms with Crippen LogP contribution in [-0.2, 0) is 4.79 Å². The highest BCUT2D eigenvalue weighted by Crippen LogP contribution is 2.17. The fourth-order valence-corrected chi connectivity index (χ4v) is 3.44. The Morgan fingerprint density at radius 3 is 2.14 bits per heavy atom. The first-order valence-corrected chi connectivity index (χ1v) is 11.6. The van der Waals surface area contributed by atoms with Crippen LogP contribution in [0, 0.1) is 0 Å². The topological polar surface area (TPSA) is 73.8 Å². The Balaban J connectivity index is 1.81. The molecule has 0 saturated heterocycles. The van der Waals surface area contributed by atoms with E-state index in [0.29, 0.717) is 10.9 Å². The minimum absolute atomic E-state index is 0.0415. The lowest BCUT2D eigenvalue weighted by molar-refractivity contribution is -0.117. The molecule has 2 N–H and O–H groups in total. The number of halogens is 1. The number of hydrogen-bond donors (Lipinski definition) is 2. The van der Waals surface area contributed by atoms with Crippen LogP contribution in [0.15, 0.2) is 83.6 Å². The number of hydrazone groups is 1. The molecule has 2 amide bonds. The second kappa shape index (κ2) is 12.0. The largest absolute Gasteiger partial charge is 0.378 e. The van der Waals surface area contributed by atoms with E-state index in [1.54, 1.807) is 36.6 Å². The molecular weight excluding hydrogens is 460 g/mol. The van der Waals surface area contributed by atoms with Crippen molar-refractivity contribution < 1.29 is 9.59 Å². The fraction of sp³-hybridized carbons (Fsp3) is 0.179. The van der Waals surface area contributed by atoms with Crippen LogP contribution in [-0.4, -0.2) is 32.1 Å². The molecule has 0 aliphatic rings. The van der Waals surface area contributed by atoms with Crippen molar-refractivity contribution in [1.82, 2.24) is 10.7 Å². The molecule has 0 atom stereocenters. The van der Waals surface area contributed by atoms with Gasteiger partial charge in [0.25, 0.3) is 11.8 Å². The lowest BCUT2D eigenvalue weighted by Crippen LogP contribution is -2.33. The third kappa shape index (κ3) is 7.29. The molecule has 0 aliphatic carbocycles. The van der Waals surface area contributed by atoms with Gasteiger partial charge in [0.05, 0.1) is 16.8 Å². The first-order valence-electron chi connectivity index (χ1n) is 11.2. The SMILES string of the molecule is CC(C)c1ccc(/C=N\NC(=O)/C(=C\c2ccc(N(C)C)cc2)NC(=O)c2ccccc2Cl)cc1. The Bertz CT molecular complexity index is 1230. The molecule has 0 fully saturated rings. The Labute approximate surface area is 211 Å². The fourth-order valence-electron chi connectivity index (χ4n) is 3.22. The molecule has 0 unspecified atom stereocenters. The van der Waals surface area contributed by atoms with Gasteiger partial charge in [-0.2, -0.15) is 5.10 Å². The van der Waals surface area contributed by atoms with Gasteiger partial charge >= 0.3 is 0 Å². The van der Waals surface area contributed by atoms with Crippen molar-refractivity contribution in [2.24, 2.45) is 5.10 Å². The highest BCUT2D eigenvalue weighted by atomic mass is 35.5. The molecule has 0 saturated carbocycles. The number of rotatable bonds is 8. The maximum absolute atomic E-state index is 13.0. The zero-order chi connectivity index (χ0) is 25.4. The molecule has 0 aromatic heterocycles. The monoisotopic (exact) mass is 488 g/mol. The van der Waals surface area contributed by atoms with Crippen molar-refractivity contribution in [2.45, 2.75) is 19.8 Å². The summed E-state index contributed by atoms with van der Waals surface area (Å²) in [5.41, 5.74) is 6.63. The molecule has 3 aromatic carbocycles. The molecule has 3 rings (SSSR count). The van der Waals surface area contributed by atoms with Gasteiger partial charge in [0.1, 0.15) is 5.70 Å². The Morgan fingerprint density at radius 1 is 0.914 bits per heavy atom. The number of carbonyl (C=O) groups is 2.